The summed E-state index contributed by atoms with van der Waals surface area (Å²) in [6.45, 7) is 2.38. The van der Waals surface area contributed by atoms with Crippen LogP contribution in [0.2, 0.25) is 0 Å². The second-order valence-corrected chi connectivity index (χ2v) is 6.84. The fourth-order valence-corrected chi connectivity index (χ4v) is 3.55. The number of carbonyl (C=O) groups excluding carboxylic acids is 1. The van der Waals surface area contributed by atoms with E-state index in [9.17, 15) is 4.79 Å². The van der Waals surface area contributed by atoms with Gasteiger partial charge in [-0.1, -0.05) is 65.9 Å². The summed E-state index contributed by atoms with van der Waals surface area (Å²) in [6, 6.07) is 21.4. The number of hydrogen-bond donors (Lipinski definition) is 1. The average molecular weight is 375 g/mol. The van der Waals surface area contributed by atoms with Gasteiger partial charge in [-0.3, -0.25) is 10.1 Å². The fourth-order valence-electron chi connectivity index (χ4n) is 2.81. The Balaban J connectivity index is 1.63. The Hall–Kier alpha value is -3.25. The summed E-state index contributed by atoms with van der Waals surface area (Å²) in [4.78, 5) is 12.8. The molecule has 0 aliphatic heterocycles. The zero-order valence-electron chi connectivity index (χ0n) is 14.7. The third kappa shape index (κ3) is 3.66. The van der Waals surface area contributed by atoms with Gasteiger partial charge in [0.25, 0.3) is 5.91 Å². The topological polar surface area (TPSA) is 64.1 Å². The van der Waals surface area contributed by atoms with E-state index in [0.717, 1.165) is 21.3 Å². The van der Waals surface area contributed by atoms with Gasteiger partial charge in [-0.25, -0.2) is 0 Å². The number of carbonyl (C=O) groups is 1. The SMILES string of the molecule is CCOc1cc2ccccc2cc1C(=O)Nc1nnc(-c2ccccc2)s1. The van der Waals surface area contributed by atoms with Gasteiger partial charge in [-0.2, -0.15) is 0 Å². The van der Waals surface area contributed by atoms with Crippen LogP contribution in [0.4, 0.5) is 5.13 Å². The maximum absolute atomic E-state index is 12.8. The molecule has 4 aromatic rings. The monoisotopic (exact) mass is 375 g/mol. The van der Waals surface area contributed by atoms with Crippen LogP contribution in [0, 0.1) is 0 Å². The van der Waals surface area contributed by atoms with Gasteiger partial charge in [0.2, 0.25) is 5.13 Å². The van der Waals surface area contributed by atoms with Crippen molar-refractivity contribution in [3.63, 3.8) is 0 Å². The Bertz CT molecular complexity index is 1090. The average Bonchev–Trinajstić information content (AvgIpc) is 3.17. The van der Waals surface area contributed by atoms with Crippen molar-refractivity contribution in [2.24, 2.45) is 0 Å². The van der Waals surface area contributed by atoms with Gasteiger partial charge in [0.1, 0.15) is 10.8 Å². The van der Waals surface area contributed by atoms with Gasteiger partial charge in [0.05, 0.1) is 12.2 Å². The Labute approximate surface area is 160 Å². The normalized spacial score (nSPS) is 10.7. The van der Waals surface area contributed by atoms with Gasteiger partial charge in [-0.05, 0) is 29.8 Å². The number of amides is 1. The number of ether oxygens (including phenoxy) is 1. The number of nitrogens with zero attached hydrogens (tertiary/aromatic N) is 2. The largest absolute Gasteiger partial charge is 0.493 e. The van der Waals surface area contributed by atoms with Crippen LogP contribution in [0.3, 0.4) is 0 Å². The minimum atomic E-state index is -0.264. The van der Waals surface area contributed by atoms with Crippen molar-refractivity contribution < 1.29 is 9.53 Å². The van der Waals surface area contributed by atoms with Crippen LogP contribution in [0.1, 0.15) is 17.3 Å². The molecule has 27 heavy (non-hydrogen) atoms. The van der Waals surface area contributed by atoms with Crippen molar-refractivity contribution in [2.75, 3.05) is 11.9 Å². The molecule has 0 saturated heterocycles. The first-order chi connectivity index (χ1) is 13.2. The number of nitrogens with one attached hydrogen (secondary N) is 1. The Kier molecular flexibility index (Phi) is 4.80. The highest BCUT2D eigenvalue weighted by molar-refractivity contribution is 7.18. The lowest BCUT2D eigenvalue weighted by Crippen LogP contribution is -2.13. The third-order valence-corrected chi connectivity index (χ3v) is 4.95. The molecular formula is C21H17N3O2S. The summed E-state index contributed by atoms with van der Waals surface area (Å²) >= 11 is 1.34. The van der Waals surface area contributed by atoms with Crippen molar-refractivity contribution in [1.29, 1.82) is 0 Å². The van der Waals surface area contributed by atoms with E-state index in [0.29, 0.717) is 23.1 Å². The molecule has 134 valence electrons. The molecule has 0 saturated carbocycles. The molecular weight excluding hydrogens is 358 g/mol. The van der Waals surface area contributed by atoms with E-state index in [-0.39, 0.29) is 5.91 Å². The molecule has 0 fully saturated rings. The van der Waals surface area contributed by atoms with Crippen molar-refractivity contribution in [1.82, 2.24) is 10.2 Å². The fraction of sp³-hybridized carbons (Fsp3) is 0.0952. The van der Waals surface area contributed by atoms with E-state index >= 15 is 0 Å². The Morgan fingerprint density at radius 1 is 1.00 bits per heavy atom. The molecule has 0 aliphatic carbocycles. The van der Waals surface area contributed by atoms with Gasteiger partial charge in [-0.15, -0.1) is 10.2 Å². The van der Waals surface area contributed by atoms with E-state index in [1.54, 1.807) is 0 Å². The molecule has 5 nitrogen and oxygen atoms in total. The Morgan fingerprint density at radius 3 is 2.44 bits per heavy atom. The standard InChI is InChI=1S/C21H17N3O2S/c1-2-26-18-13-16-11-7-6-10-15(16)12-17(18)19(25)22-21-24-23-20(27-21)14-8-4-3-5-9-14/h3-13H,2H2,1H3,(H,22,24,25). The second kappa shape index (κ2) is 7.55. The molecule has 0 unspecified atom stereocenters. The van der Waals surface area contributed by atoms with E-state index in [1.807, 2.05) is 73.7 Å². The molecule has 0 aliphatic rings. The smallest absolute Gasteiger partial charge is 0.261 e. The van der Waals surface area contributed by atoms with Crippen LogP contribution in [0.15, 0.2) is 66.7 Å². The van der Waals surface area contributed by atoms with E-state index < -0.39 is 0 Å². The lowest BCUT2D eigenvalue weighted by molar-refractivity contribution is 0.102. The highest BCUT2D eigenvalue weighted by atomic mass is 32.1. The lowest BCUT2D eigenvalue weighted by atomic mass is 10.1. The van der Waals surface area contributed by atoms with Gasteiger partial charge in [0, 0.05) is 5.56 Å². The quantitative estimate of drug-likeness (QED) is 0.533. The summed E-state index contributed by atoms with van der Waals surface area (Å²) in [7, 11) is 0. The van der Waals surface area contributed by atoms with Crippen LogP contribution in [-0.4, -0.2) is 22.7 Å². The van der Waals surface area contributed by atoms with Crippen LogP contribution in [-0.2, 0) is 0 Å². The van der Waals surface area contributed by atoms with Crippen molar-refractivity contribution >= 4 is 33.1 Å². The summed E-state index contributed by atoms with van der Waals surface area (Å²) in [6.07, 6.45) is 0. The highest BCUT2D eigenvalue weighted by Gasteiger charge is 2.16. The molecule has 0 spiro atoms. The lowest BCUT2D eigenvalue weighted by Gasteiger charge is -2.11. The molecule has 1 aromatic heterocycles. The Morgan fingerprint density at radius 2 is 1.70 bits per heavy atom. The van der Waals surface area contributed by atoms with Crippen LogP contribution < -0.4 is 10.1 Å². The molecule has 4 rings (SSSR count). The third-order valence-electron chi connectivity index (χ3n) is 4.06. The van der Waals surface area contributed by atoms with Crippen LogP contribution in [0.25, 0.3) is 21.3 Å². The van der Waals surface area contributed by atoms with Crippen LogP contribution >= 0.6 is 11.3 Å². The molecule has 0 atom stereocenters. The number of hydrogen-bond acceptors (Lipinski definition) is 5. The minimum absolute atomic E-state index is 0.264. The summed E-state index contributed by atoms with van der Waals surface area (Å²) < 4.78 is 5.69. The predicted octanol–water partition coefficient (Wildman–Crippen LogP) is 5.01. The van der Waals surface area contributed by atoms with Crippen LogP contribution in [0.5, 0.6) is 5.75 Å². The molecule has 1 amide bonds. The summed E-state index contributed by atoms with van der Waals surface area (Å²) in [5.41, 5.74) is 1.45. The number of benzene rings is 3. The number of fused-ring (bicyclic) bond motifs is 1. The summed E-state index contributed by atoms with van der Waals surface area (Å²) in [5, 5.41) is 14.3. The maximum atomic E-state index is 12.8. The minimum Gasteiger partial charge on any atom is -0.493 e. The number of anilines is 1. The molecule has 3 aromatic carbocycles. The zero-order valence-corrected chi connectivity index (χ0v) is 15.5. The number of rotatable bonds is 5. The van der Waals surface area contributed by atoms with Crippen molar-refractivity contribution in [3.8, 4) is 16.3 Å². The second-order valence-electron chi connectivity index (χ2n) is 5.86. The number of aromatic nitrogens is 2. The first-order valence-electron chi connectivity index (χ1n) is 8.60. The van der Waals surface area contributed by atoms with Gasteiger partial charge in [0.15, 0.2) is 0 Å². The molecule has 6 heteroatoms. The predicted molar refractivity (Wildman–Crippen MR) is 108 cm³/mol. The van der Waals surface area contributed by atoms with E-state index in [2.05, 4.69) is 15.5 Å². The van der Waals surface area contributed by atoms with Crippen molar-refractivity contribution in [2.45, 2.75) is 6.92 Å². The molecule has 0 radical (unpaired) electrons. The molecule has 1 N–H and O–H groups in total. The first-order valence-corrected chi connectivity index (χ1v) is 9.42. The van der Waals surface area contributed by atoms with Gasteiger partial charge >= 0.3 is 0 Å². The van der Waals surface area contributed by atoms with Gasteiger partial charge < -0.3 is 4.74 Å². The molecule has 0 bridgehead atoms. The highest BCUT2D eigenvalue weighted by Crippen LogP contribution is 2.29. The summed E-state index contributed by atoms with van der Waals surface area (Å²) in [5.74, 6) is 0.293. The zero-order chi connectivity index (χ0) is 18.6. The maximum Gasteiger partial charge on any atom is 0.261 e. The van der Waals surface area contributed by atoms with E-state index in [4.69, 9.17) is 4.74 Å². The van der Waals surface area contributed by atoms with E-state index in [1.165, 1.54) is 11.3 Å². The first kappa shape index (κ1) is 17.2. The molecule has 1 heterocycles. The van der Waals surface area contributed by atoms with Crippen molar-refractivity contribution in [3.05, 3.63) is 72.3 Å².